The van der Waals surface area contributed by atoms with E-state index in [4.69, 9.17) is 4.74 Å². The minimum Gasteiger partial charge on any atom is -0.429 e. The van der Waals surface area contributed by atoms with Crippen molar-refractivity contribution >= 4 is 11.8 Å². The number of ether oxygens (including phenoxy) is 1. The maximum atomic E-state index is 13.4. The van der Waals surface area contributed by atoms with Gasteiger partial charge >= 0.3 is 5.97 Å². The molecule has 0 saturated heterocycles. The minimum atomic E-state index is -1.38. The fourth-order valence-electron chi connectivity index (χ4n) is 3.62. The first-order valence-electron chi connectivity index (χ1n) is 7.84. The van der Waals surface area contributed by atoms with Crippen molar-refractivity contribution in [3.8, 4) is 0 Å². The Kier molecular flexibility index (Phi) is 3.15. The van der Waals surface area contributed by atoms with Crippen LogP contribution in [0.15, 0.2) is 72.0 Å². The molecule has 23 heavy (non-hydrogen) atoms. The van der Waals surface area contributed by atoms with E-state index in [1.807, 2.05) is 60.7 Å². The second-order valence-corrected chi connectivity index (χ2v) is 5.96. The van der Waals surface area contributed by atoms with Gasteiger partial charge in [0.05, 0.1) is 0 Å². The molecular formula is C20H16O3. The summed E-state index contributed by atoms with van der Waals surface area (Å²) < 4.78 is 5.63. The Morgan fingerprint density at radius 3 is 1.91 bits per heavy atom. The molecule has 0 N–H and O–H groups in total. The van der Waals surface area contributed by atoms with Crippen molar-refractivity contribution in [3.63, 3.8) is 0 Å². The minimum absolute atomic E-state index is 0.126. The average Bonchev–Trinajstić information content (AvgIpc) is 3.06. The number of carbonyl (C=O) groups is 2. The number of carbonyl (C=O) groups excluding carboxylic acids is 2. The average molecular weight is 304 g/mol. The number of rotatable bonds is 2. The maximum absolute atomic E-state index is 13.4. The highest BCUT2D eigenvalue weighted by Crippen LogP contribution is 2.45. The summed E-state index contributed by atoms with van der Waals surface area (Å²) in [6.45, 7) is 0. The van der Waals surface area contributed by atoms with E-state index in [1.165, 1.54) is 0 Å². The maximum Gasteiger partial charge on any atom is 0.334 e. The smallest absolute Gasteiger partial charge is 0.334 e. The summed E-state index contributed by atoms with van der Waals surface area (Å²) >= 11 is 0. The van der Waals surface area contributed by atoms with Gasteiger partial charge in [-0.1, -0.05) is 60.7 Å². The summed E-state index contributed by atoms with van der Waals surface area (Å²) in [5.74, 6) is -0.0401. The molecule has 1 aliphatic carbocycles. The second-order valence-electron chi connectivity index (χ2n) is 5.96. The van der Waals surface area contributed by atoms with Gasteiger partial charge in [-0.2, -0.15) is 0 Å². The van der Waals surface area contributed by atoms with Gasteiger partial charge in [0.15, 0.2) is 11.2 Å². The van der Waals surface area contributed by atoms with Crippen LogP contribution in [0.5, 0.6) is 0 Å². The van der Waals surface area contributed by atoms with Gasteiger partial charge in [0.1, 0.15) is 5.76 Å². The molecule has 0 amide bonds. The van der Waals surface area contributed by atoms with Crippen LogP contribution in [0.3, 0.4) is 0 Å². The lowest BCUT2D eigenvalue weighted by atomic mass is 9.68. The fraction of sp³-hybridized carbons (Fsp3) is 0.200. The zero-order chi connectivity index (χ0) is 15.9. The molecule has 0 aromatic heterocycles. The van der Waals surface area contributed by atoms with Crippen LogP contribution in [0, 0.1) is 0 Å². The fourth-order valence-corrected chi connectivity index (χ4v) is 3.62. The molecule has 0 unspecified atom stereocenters. The molecule has 0 fully saturated rings. The number of benzene rings is 2. The summed E-state index contributed by atoms with van der Waals surface area (Å²) in [5, 5.41) is 0. The first kappa shape index (κ1) is 13.9. The lowest BCUT2D eigenvalue weighted by Crippen LogP contribution is -2.49. The Morgan fingerprint density at radius 1 is 0.783 bits per heavy atom. The molecule has 1 heterocycles. The molecule has 0 saturated carbocycles. The van der Waals surface area contributed by atoms with Crippen LogP contribution in [0.4, 0.5) is 0 Å². The van der Waals surface area contributed by atoms with Crippen LogP contribution in [-0.4, -0.2) is 11.8 Å². The van der Waals surface area contributed by atoms with Crippen molar-refractivity contribution in [1.82, 2.24) is 0 Å². The van der Waals surface area contributed by atoms with Crippen molar-refractivity contribution in [2.75, 3.05) is 0 Å². The van der Waals surface area contributed by atoms with Gasteiger partial charge in [0.25, 0.3) is 0 Å². The predicted octanol–water partition coefficient (Wildman–Crippen LogP) is 3.54. The van der Waals surface area contributed by atoms with Crippen molar-refractivity contribution in [3.05, 3.63) is 83.1 Å². The lowest BCUT2D eigenvalue weighted by molar-refractivity contribution is -0.150. The molecule has 2 aliphatic rings. The Hall–Kier alpha value is -2.68. The summed E-state index contributed by atoms with van der Waals surface area (Å²) in [5.41, 5.74) is 0.628. The van der Waals surface area contributed by atoms with Crippen LogP contribution in [-0.2, 0) is 19.7 Å². The number of esters is 1. The van der Waals surface area contributed by atoms with E-state index in [-0.39, 0.29) is 5.78 Å². The molecule has 114 valence electrons. The van der Waals surface area contributed by atoms with Gasteiger partial charge in [0, 0.05) is 12.0 Å². The molecule has 0 atom stereocenters. The number of Topliss-reactive ketones (excluding diaryl/α,β-unsaturated/α-hetero) is 1. The van der Waals surface area contributed by atoms with Gasteiger partial charge in [0.2, 0.25) is 0 Å². The Labute approximate surface area is 134 Å². The van der Waals surface area contributed by atoms with Gasteiger partial charge in [-0.3, -0.25) is 4.79 Å². The molecule has 3 heteroatoms. The molecule has 0 spiro atoms. The van der Waals surface area contributed by atoms with E-state index in [0.717, 1.165) is 6.42 Å². The van der Waals surface area contributed by atoms with Crippen molar-refractivity contribution < 1.29 is 14.3 Å². The van der Waals surface area contributed by atoms with Crippen molar-refractivity contribution in [2.24, 2.45) is 0 Å². The topological polar surface area (TPSA) is 43.4 Å². The number of hydrogen-bond donors (Lipinski definition) is 0. The monoisotopic (exact) mass is 304 g/mol. The zero-order valence-electron chi connectivity index (χ0n) is 12.6. The molecular weight excluding hydrogens is 288 g/mol. The summed E-state index contributed by atoms with van der Waals surface area (Å²) in [4.78, 5) is 26.4. The predicted molar refractivity (Wildman–Crippen MR) is 85.6 cm³/mol. The number of allylic oxidation sites excluding steroid dienone is 2. The first-order valence-corrected chi connectivity index (χ1v) is 7.84. The van der Waals surface area contributed by atoms with E-state index in [2.05, 4.69) is 0 Å². The van der Waals surface area contributed by atoms with E-state index >= 15 is 0 Å². The van der Waals surface area contributed by atoms with Crippen LogP contribution in [0.1, 0.15) is 30.4 Å². The Bertz CT molecular complexity index is 764. The number of ketones is 1. The first-order chi connectivity index (χ1) is 11.2. The molecule has 0 radical (unpaired) electrons. The molecule has 0 bridgehead atoms. The summed E-state index contributed by atoms with van der Waals surface area (Å²) in [6.07, 6.45) is 2.22. The molecule has 3 nitrogen and oxygen atoms in total. The summed E-state index contributed by atoms with van der Waals surface area (Å²) in [7, 11) is 0. The van der Waals surface area contributed by atoms with Crippen molar-refractivity contribution in [2.45, 2.75) is 24.7 Å². The molecule has 2 aromatic rings. The normalized spacial score (nSPS) is 19.5. The Morgan fingerprint density at radius 2 is 1.35 bits per heavy atom. The lowest BCUT2D eigenvalue weighted by Gasteiger charge is -2.35. The van der Waals surface area contributed by atoms with Crippen LogP contribution >= 0.6 is 0 Å². The highest BCUT2D eigenvalue weighted by molar-refractivity contribution is 6.22. The quantitative estimate of drug-likeness (QED) is 0.629. The summed E-state index contributed by atoms with van der Waals surface area (Å²) in [6, 6.07) is 18.4. The molecule has 1 aliphatic heterocycles. The third kappa shape index (κ3) is 1.89. The largest absolute Gasteiger partial charge is 0.429 e. The van der Waals surface area contributed by atoms with Gasteiger partial charge < -0.3 is 4.74 Å². The zero-order valence-corrected chi connectivity index (χ0v) is 12.6. The third-order valence-electron chi connectivity index (χ3n) is 4.72. The van der Waals surface area contributed by atoms with Crippen LogP contribution in [0.2, 0.25) is 0 Å². The third-order valence-corrected chi connectivity index (χ3v) is 4.72. The van der Waals surface area contributed by atoms with E-state index < -0.39 is 11.4 Å². The SMILES string of the molecule is O=C1OC2=C(CCC2)C(=O)C1(c1ccccc1)c1ccccc1. The van der Waals surface area contributed by atoms with Crippen molar-refractivity contribution in [1.29, 1.82) is 0 Å². The number of hydrogen-bond acceptors (Lipinski definition) is 3. The van der Waals surface area contributed by atoms with Crippen LogP contribution in [0.25, 0.3) is 0 Å². The van der Waals surface area contributed by atoms with Gasteiger partial charge in [-0.05, 0) is 24.0 Å². The highest BCUT2D eigenvalue weighted by atomic mass is 16.5. The highest BCUT2D eigenvalue weighted by Gasteiger charge is 2.55. The molecule has 4 rings (SSSR count). The Balaban J connectivity index is 2.01. The van der Waals surface area contributed by atoms with Crippen LogP contribution < -0.4 is 0 Å². The van der Waals surface area contributed by atoms with E-state index in [9.17, 15) is 9.59 Å². The van der Waals surface area contributed by atoms with Gasteiger partial charge in [-0.15, -0.1) is 0 Å². The molecule has 2 aromatic carbocycles. The second kappa shape index (κ2) is 5.20. The van der Waals surface area contributed by atoms with E-state index in [1.54, 1.807) is 0 Å². The van der Waals surface area contributed by atoms with E-state index in [0.29, 0.717) is 35.3 Å². The standard InChI is InChI=1S/C20H16O3/c21-18-16-12-7-13-17(16)23-19(22)20(18,14-8-3-1-4-9-14)15-10-5-2-6-11-15/h1-6,8-11H,7,12-13H2. The van der Waals surface area contributed by atoms with Gasteiger partial charge in [-0.25, -0.2) is 4.79 Å².